The topological polar surface area (TPSA) is 75.3 Å². The molecule has 0 aliphatic heterocycles. The number of hydrogen-bond acceptors (Lipinski definition) is 3. The number of aromatic nitrogens is 2. The maximum Gasteiger partial charge on any atom is 0.354 e. The highest BCUT2D eigenvalue weighted by atomic mass is 16.4. The van der Waals surface area contributed by atoms with Crippen molar-refractivity contribution < 1.29 is 15.0 Å². The molecule has 1 aromatic heterocycles. The Bertz CT molecular complexity index is 818. The van der Waals surface area contributed by atoms with Crippen LogP contribution >= 0.6 is 0 Å². The van der Waals surface area contributed by atoms with Crippen LogP contribution in [0, 0.1) is 6.92 Å². The average Bonchev–Trinajstić information content (AvgIpc) is 2.94. The summed E-state index contributed by atoms with van der Waals surface area (Å²) in [6.45, 7) is 1.99. The third kappa shape index (κ3) is 2.56. The van der Waals surface area contributed by atoms with E-state index in [1.807, 2.05) is 31.2 Å². The zero-order chi connectivity index (χ0) is 15.7. The summed E-state index contributed by atoms with van der Waals surface area (Å²) >= 11 is 0. The minimum atomic E-state index is -1.06. The number of carboxylic acid groups (broad SMARTS) is 1. The third-order valence-corrected chi connectivity index (χ3v) is 3.37. The van der Waals surface area contributed by atoms with Gasteiger partial charge in [0, 0.05) is 5.56 Å². The smallest absolute Gasteiger partial charge is 0.354 e. The van der Waals surface area contributed by atoms with Crippen LogP contribution in [0.15, 0.2) is 54.6 Å². The van der Waals surface area contributed by atoms with Crippen molar-refractivity contribution in [1.29, 1.82) is 0 Å². The first kappa shape index (κ1) is 13.9. The minimum absolute atomic E-state index is 0.0706. The Morgan fingerprint density at radius 2 is 1.68 bits per heavy atom. The molecule has 0 radical (unpaired) electrons. The quantitative estimate of drug-likeness (QED) is 0.777. The van der Waals surface area contributed by atoms with E-state index in [-0.39, 0.29) is 11.4 Å². The van der Waals surface area contributed by atoms with Crippen molar-refractivity contribution in [3.63, 3.8) is 0 Å². The molecule has 0 saturated heterocycles. The summed E-state index contributed by atoms with van der Waals surface area (Å²) in [5.41, 5.74) is 3.21. The van der Waals surface area contributed by atoms with E-state index in [0.717, 1.165) is 11.1 Å². The predicted molar refractivity (Wildman–Crippen MR) is 82.4 cm³/mol. The Hall–Kier alpha value is -3.08. The van der Waals surface area contributed by atoms with Gasteiger partial charge in [0.25, 0.3) is 0 Å². The summed E-state index contributed by atoms with van der Waals surface area (Å²) < 4.78 is 1.36. The number of rotatable bonds is 3. The molecule has 0 amide bonds. The van der Waals surface area contributed by atoms with Gasteiger partial charge in [-0.15, -0.1) is 0 Å². The summed E-state index contributed by atoms with van der Waals surface area (Å²) in [5.74, 6) is -0.939. The van der Waals surface area contributed by atoms with Crippen LogP contribution < -0.4 is 0 Å². The lowest BCUT2D eigenvalue weighted by Crippen LogP contribution is -2.07. The van der Waals surface area contributed by atoms with Crippen molar-refractivity contribution in [3.05, 3.63) is 65.9 Å². The molecule has 5 heteroatoms. The standard InChI is InChI=1S/C17H14N2O3/c1-11-2-4-12(5-3-11)15-10-16(17(21)22)19(18-15)13-6-8-14(20)9-7-13/h2-10,20H,1H3,(H,21,22). The average molecular weight is 294 g/mol. The normalized spacial score (nSPS) is 10.6. The number of benzene rings is 2. The summed E-state index contributed by atoms with van der Waals surface area (Å²) in [7, 11) is 0. The van der Waals surface area contributed by atoms with Crippen molar-refractivity contribution in [2.45, 2.75) is 6.92 Å². The SMILES string of the molecule is Cc1ccc(-c2cc(C(=O)O)n(-c3ccc(O)cc3)n2)cc1. The molecule has 1 heterocycles. The van der Waals surface area contributed by atoms with Gasteiger partial charge in [-0.2, -0.15) is 5.10 Å². The first-order valence-corrected chi connectivity index (χ1v) is 6.74. The summed E-state index contributed by atoms with van der Waals surface area (Å²) in [4.78, 5) is 11.5. The molecule has 0 aliphatic carbocycles. The Morgan fingerprint density at radius 1 is 1.05 bits per heavy atom. The lowest BCUT2D eigenvalue weighted by molar-refractivity contribution is 0.0687. The Kier molecular flexibility index (Phi) is 3.39. The Balaban J connectivity index is 2.11. The van der Waals surface area contributed by atoms with Crippen molar-refractivity contribution in [2.24, 2.45) is 0 Å². The summed E-state index contributed by atoms with van der Waals surface area (Å²) in [5, 5.41) is 23.1. The van der Waals surface area contributed by atoms with Crippen LogP contribution in [-0.2, 0) is 0 Å². The van der Waals surface area contributed by atoms with E-state index >= 15 is 0 Å². The number of aryl methyl sites for hydroxylation is 1. The maximum atomic E-state index is 11.5. The minimum Gasteiger partial charge on any atom is -0.508 e. The lowest BCUT2D eigenvalue weighted by Gasteiger charge is -2.04. The van der Waals surface area contributed by atoms with Gasteiger partial charge in [-0.05, 0) is 37.3 Å². The molecule has 0 fully saturated rings. The zero-order valence-electron chi connectivity index (χ0n) is 11.9. The van der Waals surface area contributed by atoms with Gasteiger partial charge in [-0.25, -0.2) is 9.48 Å². The van der Waals surface area contributed by atoms with Gasteiger partial charge in [0.2, 0.25) is 0 Å². The van der Waals surface area contributed by atoms with Gasteiger partial charge >= 0.3 is 5.97 Å². The number of aromatic carboxylic acids is 1. The summed E-state index contributed by atoms with van der Waals surface area (Å²) in [6, 6.07) is 15.5. The summed E-state index contributed by atoms with van der Waals surface area (Å²) in [6.07, 6.45) is 0. The molecule has 2 N–H and O–H groups in total. The molecule has 0 unspecified atom stereocenters. The fourth-order valence-electron chi connectivity index (χ4n) is 2.19. The van der Waals surface area contributed by atoms with Gasteiger partial charge in [-0.1, -0.05) is 29.8 Å². The van der Waals surface area contributed by atoms with Crippen molar-refractivity contribution >= 4 is 5.97 Å². The van der Waals surface area contributed by atoms with E-state index < -0.39 is 5.97 Å². The molecule has 3 rings (SSSR count). The fourth-order valence-corrected chi connectivity index (χ4v) is 2.19. The highest BCUT2D eigenvalue weighted by Crippen LogP contribution is 2.23. The van der Waals surface area contributed by atoms with E-state index in [0.29, 0.717) is 11.4 Å². The molecule has 110 valence electrons. The largest absolute Gasteiger partial charge is 0.508 e. The Labute approximate surface area is 127 Å². The van der Waals surface area contributed by atoms with Crippen molar-refractivity contribution in [1.82, 2.24) is 9.78 Å². The van der Waals surface area contributed by atoms with Crippen LogP contribution in [0.1, 0.15) is 16.1 Å². The highest BCUT2D eigenvalue weighted by molar-refractivity contribution is 5.88. The number of nitrogens with zero attached hydrogens (tertiary/aromatic N) is 2. The maximum absolute atomic E-state index is 11.5. The van der Waals surface area contributed by atoms with E-state index in [1.165, 1.54) is 16.8 Å². The van der Waals surface area contributed by atoms with Crippen LogP contribution in [0.5, 0.6) is 5.75 Å². The number of carbonyl (C=O) groups is 1. The molecule has 5 nitrogen and oxygen atoms in total. The molecule has 2 aromatic carbocycles. The molecule has 0 bridgehead atoms. The molecular weight excluding hydrogens is 280 g/mol. The second kappa shape index (κ2) is 5.37. The Morgan fingerprint density at radius 3 is 2.27 bits per heavy atom. The molecule has 3 aromatic rings. The molecule has 0 atom stereocenters. The number of aromatic hydroxyl groups is 1. The molecule has 0 saturated carbocycles. The zero-order valence-corrected chi connectivity index (χ0v) is 11.9. The number of phenolic OH excluding ortho intramolecular Hbond substituents is 1. The van der Waals surface area contributed by atoms with Gasteiger partial charge in [-0.3, -0.25) is 0 Å². The molecular formula is C17H14N2O3. The number of carboxylic acids is 1. The van der Waals surface area contributed by atoms with E-state index in [2.05, 4.69) is 5.10 Å². The lowest BCUT2D eigenvalue weighted by atomic mass is 10.1. The second-order valence-electron chi connectivity index (χ2n) is 5.01. The van der Waals surface area contributed by atoms with Crippen LogP contribution in [0.3, 0.4) is 0 Å². The van der Waals surface area contributed by atoms with Crippen LogP contribution in [-0.4, -0.2) is 26.0 Å². The fraction of sp³-hybridized carbons (Fsp3) is 0.0588. The van der Waals surface area contributed by atoms with Gasteiger partial charge in [0.1, 0.15) is 5.75 Å². The van der Waals surface area contributed by atoms with Crippen LogP contribution in [0.25, 0.3) is 16.9 Å². The molecule has 0 spiro atoms. The van der Waals surface area contributed by atoms with E-state index in [9.17, 15) is 15.0 Å². The third-order valence-electron chi connectivity index (χ3n) is 3.37. The first-order chi connectivity index (χ1) is 10.5. The van der Waals surface area contributed by atoms with Crippen LogP contribution in [0.2, 0.25) is 0 Å². The first-order valence-electron chi connectivity index (χ1n) is 6.74. The number of phenols is 1. The van der Waals surface area contributed by atoms with Crippen LogP contribution in [0.4, 0.5) is 0 Å². The van der Waals surface area contributed by atoms with Gasteiger partial charge in [0.15, 0.2) is 5.69 Å². The molecule has 0 aliphatic rings. The van der Waals surface area contributed by atoms with Crippen molar-refractivity contribution in [2.75, 3.05) is 0 Å². The monoisotopic (exact) mass is 294 g/mol. The van der Waals surface area contributed by atoms with Crippen molar-refractivity contribution in [3.8, 4) is 22.7 Å². The second-order valence-corrected chi connectivity index (χ2v) is 5.01. The highest BCUT2D eigenvalue weighted by Gasteiger charge is 2.16. The van der Waals surface area contributed by atoms with Gasteiger partial charge < -0.3 is 10.2 Å². The molecule has 22 heavy (non-hydrogen) atoms. The van der Waals surface area contributed by atoms with E-state index in [1.54, 1.807) is 18.2 Å². The van der Waals surface area contributed by atoms with Gasteiger partial charge in [0.05, 0.1) is 11.4 Å². The van der Waals surface area contributed by atoms with E-state index in [4.69, 9.17) is 0 Å². The predicted octanol–water partition coefficient (Wildman–Crippen LogP) is 3.25. The number of hydrogen-bond donors (Lipinski definition) is 2.